The van der Waals surface area contributed by atoms with Crippen molar-refractivity contribution >= 4 is 16.9 Å². The third-order valence-corrected chi connectivity index (χ3v) is 3.10. The fourth-order valence-electron chi connectivity index (χ4n) is 1.97. The molecule has 0 aliphatic carbocycles. The summed E-state index contributed by atoms with van der Waals surface area (Å²) in [6, 6.07) is 9.69. The molecule has 1 unspecified atom stereocenters. The largest absolute Gasteiger partial charge is 0.464 e. The zero-order valence-corrected chi connectivity index (χ0v) is 11.0. The second kappa shape index (κ2) is 5.57. The van der Waals surface area contributed by atoms with Gasteiger partial charge in [-0.1, -0.05) is 32.0 Å². The molecule has 1 amide bonds. The van der Waals surface area contributed by atoms with Crippen LogP contribution in [0.4, 0.5) is 0 Å². The Balaban J connectivity index is 2.07. The molecule has 1 atom stereocenters. The first kappa shape index (κ1) is 13.2. The fourth-order valence-corrected chi connectivity index (χ4v) is 1.97. The molecule has 98 valence electrons. The minimum absolute atomic E-state index is 0.00564. The molecule has 2 rings (SSSR count). The first-order chi connectivity index (χ1) is 9.13. The van der Waals surface area contributed by atoms with Gasteiger partial charge in [-0.05, 0) is 12.0 Å². The number of hydrogen-bond donors (Lipinski definition) is 1. The van der Waals surface area contributed by atoms with Gasteiger partial charge in [0.2, 0.25) is 5.91 Å². The van der Waals surface area contributed by atoms with Crippen LogP contribution in [0, 0.1) is 23.2 Å². The van der Waals surface area contributed by atoms with Gasteiger partial charge in [-0.2, -0.15) is 5.26 Å². The average Bonchev–Trinajstić information content (AvgIpc) is 2.80. The number of amides is 1. The van der Waals surface area contributed by atoms with Crippen molar-refractivity contribution in [1.29, 1.82) is 5.26 Å². The van der Waals surface area contributed by atoms with Crippen molar-refractivity contribution in [3.05, 3.63) is 36.1 Å². The van der Waals surface area contributed by atoms with Crippen LogP contribution in [0.5, 0.6) is 0 Å². The van der Waals surface area contributed by atoms with Gasteiger partial charge < -0.3 is 9.73 Å². The van der Waals surface area contributed by atoms with Crippen molar-refractivity contribution in [2.45, 2.75) is 20.4 Å². The highest BCUT2D eigenvalue weighted by Gasteiger charge is 2.21. The van der Waals surface area contributed by atoms with Gasteiger partial charge in [0, 0.05) is 17.5 Å². The number of nitriles is 1. The topological polar surface area (TPSA) is 66.0 Å². The highest BCUT2D eigenvalue weighted by Crippen LogP contribution is 2.20. The van der Waals surface area contributed by atoms with E-state index in [-0.39, 0.29) is 11.8 Å². The number of carbonyl (C=O) groups excluding carboxylic acids is 1. The highest BCUT2D eigenvalue weighted by atomic mass is 16.3. The third kappa shape index (κ3) is 2.76. The van der Waals surface area contributed by atoms with Crippen LogP contribution >= 0.6 is 0 Å². The van der Waals surface area contributed by atoms with E-state index in [1.807, 2.05) is 44.2 Å². The number of carbonyl (C=O) groups is 1. The minimum Gasteiger partial charge on any atom is -0.464 e. The Kier molecular flexibility index (Phi) is 3.86. The maximum Gasteiger partial charge on any atom is 0.237 e. The van der Waals surface area contributed by atoms with Crippen molar-refractivity contribution in [2.24, 2.45) is 11.8 Å². The Labute approximate surface area is 112 Å². The van der Waals surface area contributed by atoms with Crippen molar-refractivity contribution in [1.82, 2.24) is 5.32 Å². The maximum atomic E-state index is 11.9. The van der Waals surface area contributed by atoms with E-state index in [0.717, 1.165) is 16.5 Å². The van der Waals surface area contributed by atoms with E-state index in [4.69, 9.17) is 9.68 Å². The van der Waals surface area contributed by atoms with Crippen LogP contribution in [0.2, 0.25) is 0 Å². The van der Waals surface area contributed by atoms with Gasteiger partial charge in [0.25, 0.3) is 0 Å². The molecule has 1 aromatic carbocycles. The average molecular weight is 256 g/mol. The number of rotatable bonds is 4. The molecule has 0 aliphatic heterocycles. The zero-order chi connectivity index (χ0) is 13.8. The van der Waals surface area contributed by atoms with Gasteiger partial charge in [0.05, 0.1) is 12.3 Å². The van der Waals surface area contributed by atoms with Crippen LogP contribution in [-0.2, 0) is 11.3 Å². The van der Waals surface area contributed by atoms with E-state index in [0.29, 0.717) is 6.54 Å². The molecule has 0 spiro atoms. The first-order valence-electron chi connectivity index (χ1n) is 6.26. The van der Waals surface area contributed by atoms with E-state index in [9.17, 15) is 4.79 Å². The second-order valence-corrected chi connectivity index (χ2v) is 4.83. The number of nitrogens with zero attached hydrogens (tertiary/aromatic N) is 1. The van der Waals surface area contributed by atoms with Gasteiger partial charge >= 0.3 is 0 Å². The highest BCUT2D eigenvalue weighted by molar-refractivity contribution is 5.83. The quantitative estimate of drug-likeness (QED) is 0.914. The van der Waals surface area contributed by atoms with Crippen molar-refractivity contribution in [2.75, 3.05) is 0 Å². The lowest BCUT2D eigenvalue weighted by atomic mass is 9.96. The number of nitrogens with one attached hydrogen (secondary N) is 1. The van der Waals surface area contributed by atoms with Crippen LogP contribution in [-0.4, -0.2) is 5.91 Å². The van der Waals surface area contributed by atoms with Crippen LogP contribution in [0.15, 0.2) is 34.9 Å². The van der Waals surface area contributed by atoms with Crippen LogP contribution in [0.1, 0.15) is 19.4 Å². The van der Waals surface area contributed by atoms with Crippen LogP contribution in [0.25, 0.3) is 11.0 Å². The normalized spacial score (nSPS) is 12.3. The van der Waals surface area contributed by atoms with E-state index in [2.05, 4.69) is 5.32 Å². The molecule has 4 heteroatoms. The standard InChI is InChI=1S/C15H16N2O2/c1-10(2)13(7-16)15(18)17-8-11-9-19-14-6-4-3-5-12(11)14/h3-6,9-10,13H,8H2,1-2H3,(H,17,18). The molecule has 1 aromatic heterocycles. The summed E-state index contributed by atoms with van der Waals surface area (Å²) in [5, 5.41) is 12.7. The lowest BCUT2D eigenvalue weighted by Crippen LogP contribution is -2.32. The molecule has 0 aliphatic rings. The summed E-state index contributed by atoms with van der Waals surface area (Å²) in [4.78, 5) is 11.9. The molecule has 4 nitrogen and oxygen atoms in total. The molecular formula is C15H16N2O2. The van der Waals surface area contributed by atoms with Gasteiger partial charge in [-0.25, -0.2) is 0 Å². The third-order valence-electron chi connectivity index (χ3n) is 3.10. The van der Waals surface area contributed by atoms with E-state index < -0.39 is 5.92 Å². The molecule has 0 radical (unpaired) electrons. The van der Waals surface area contributed by atoms with Crippen LogP contribution in [0.3, 0.4) is 0 Å². The summed E-state index contributed by atoms with van der Waals surface area (Å²) in [6.07, 6.45) is 1.64. The predicted octanol–water partition coefficient (Wildman–Crippen LogP) is 2.84. The maximum absolute atomic E-state index is 11.9. The van der Waals surface area contributed by atoms with Gasteiger partial charge in [0.15, 0.2) is 0 Å². The molecule has 0 fully saturated rings. The first-order valence-corrected chi connectivity index (χ1v) is 6.26. The zero-order valence-electron chi connectivity index (χ0n) is 11.0. The molecule has 0 saturated heterocycles. The lowest BCUT2D eigenvalue weighted by Gasteiger charge is -2.12. The van der Waals surface area contributed by atoms with Crippen LogP contribution < -0.4 is 5.32 Å². The summed E-state index contributed by atoms with van der Waals surface area (Å²) < 4.78 is 5.40. The number of fused-ring (bicyclic) bond motifs is 1. The predicted molar refractivity (Wildman–Crippen MR) is 72.0 cm³/mol. The Morgan fingerprint density at radius 1 is 1.42 bits per heavy atom. The number of benzene rings is 1. The summed E-state index contributed by atoms with van der Waals surface area (Å²) in [5.74, 6) is -0.841. The molecule has 1 heterocycles. The lowest BCUT2D eigenvalue weighted by molar-refractivity contribution is -0.124. The smallest absolute Gasteiger partial charge is 0.237 e. The minimum atomic E-state index is -0.613. The molecule has 19 heavy (non-hydrogen) atoms. The monoisotopic (exact) mass is 256 g/mol. The molecule has 0 bridgehead atoms. The van der Waals surface area contributed by atoms with E-state index in [1.165, 1.54) is 0 Å². The Morgan fingerprint density at radius 2 is 2.16 bits per heavy atom. The SMILES string of the molecule is CC(C)C(C#N)C(=O)NCc1coc2ccccc12. The summed E-state index contributed by atoms with van der Waals surface area (Å²) >= 11 is 0. The number of para-hydroxylation sites is 1. The Hall–Kier alpha value is -2.28. The summed E-state index contributed by atoms with van der Waals surface area (Å²) in [5.41, 5.74) is 1.72. The molecule has 1 N–H and O–H groups in total. The molecule has 0 saturated carbocycles. The number of hydrogen-bond acceptors (Lipinski definition) is 3. The van der Waals surface area contributed by atoms with Gasteiger partial charge in [-0.3, -0.25) is 4.79 Å². The van der Waals surface area contributed by atoms with Crippen molar-refractivity contribution in [3.63, 3.8) is 0 Å². The Bertz CT molecular complexity index is 622. The summed E-state index contributed by atoms with van der Waals surface area (Å²) in [7, 11) is 0. The van der Waals surface area contributed by atoms with Gasteiger partial charge in [0.1, 0.15) is 11.5 Å². The van der Waals surface area contributed by atoms with Crippen molar-refractivity contribution < 1.29 is 9.21 Å². The number of furan rings is 1. The second-order valence-electron chi connectivity index (χ2n) is 4.83. The van der Waals surface area contributed by atoms with E-state index in [1.54, 1.807) is 6.26 Å². The van der Waals surface area contributed by atoms with E-state index >= 15 is 0 Å². The van der Waals surface area contributed by atoms with Gasteiger partial charge in [-0.15, -0.1) is 0 Å². The Morgan fingerprint density at radius 3 is 2.84 bits per heavy atom. The molecular weight excluding hydrogens is 240 g/mol. The van der Waals surface area contributed by atoms with Crippen molar-refractivity contribution in [3.8, 4) is 6.07 Å². The fraction of sp³-hybridized carbons (Fsp3) is 0.333. The molecule has 2 aromatic rings. The summed E-state index contributed by atoms with van der Waals surface area (Å²) in [6.45, 7) is 4.10.